The van der Waals surface area contributed by atoms with Crippen LogP contribution in [-0.2, 0) is 11.0 Å². The molecule has 4 nitrogen and oxygen atoms in total. The van der Waals surface area contributed by atoms with E-state index in [4.69, 9.17) is 11.6 Å². The summed E-state index contributed by atoms with van der Waals surface area (Å²) in [6.45, 7) is 1.11. The number of hydrogen-bond acceptors (Lipinski definition) is 3. The molecule has 2 aromatic carbocycles. The molecule has 1 saturated heterocycles. The number of aliphatic carboxylic acids is 1. The van der Waals surface area contributed by atoms with Crippen LogP contribution in [0, 0.1) is 5.92 Å². The molecule has 2 aliphatic heterocycles. The summed E-state index contributed by atoms with van der Waals surface area (Å²) in [7, 11) is 0. The molecule has 0 saturated carbocycles. The maximum Gasteiger partial charge on any atom is 0.416 e. The summed E-state index contributed by atoms with van der Waals surface area (Å²) >= 11 is 6.19. The van der Waals surface area contributed by atoms with Crippen LogP contribution >= 0.6 is 11.6 Å². The first-order valence-corrected chi connectivity index (χ1v) is 9.35. The number of carbonyl (C=O) groups is 1. The summed E-state index contributed by atoms with van der Waals surface area (Å²) < 4.78 is 38.7. The maximum atomic E-state index is 12.9. The number of anilines is 3. The molecule has 1 fully saturated rings. The first-order chi connectivity index (χ1) is 13.2. The Labute approximate surface area is 165 Å². The predicted octanol–water partition coefficient (Wildman–Crippen LogP) is 5.18. The number of nitrogens with zero attached hydrogens (tertiary/aromatic N) is 2. The Bertz CT molecular complexity index is 901. The number of alkyl halides is 3. The van der Waals surface area contributed by atoms with Crippen LogP contribution in [-0.4, -0.2) is 30.2 Å². The van der Waals surface area contributed by atoms with Crippen molar-refractivity contribution in [1.82, 2.24) is 0 Å². The third-order valence-electron chi connectivity index (χ3n) is 5.50. The molecule has 0 radical (unpaired) electrons. The minimum absolute atomic E-state index is 0.0527. The third-order valence-corrected chi connectivity index (χ3v) is 5.74. The van der Waals surface area contributed by atoms with Gasteiger partial charge in [-0.1, -0.05) is 11.6 Å². The second-order valence-corrected chi connectivity index (χ2v) is 7.63. The van der Waals surface area contributed by atoms with Gasteiger partial charge in [0.15, 0.2) is 0 Å². The van der Waals surface area contributed by atoms with Gasteiger partial charge >= 0.3 is 12.1 Å². The Morgan fingerprint density at radius 1 is 1.11 bits per heavy atom. The fourth-order valence-corrected chi connectivity index (χ4v) is 4.27. The van der Waals surface area contributed by atoms with Crippen molar-refractivity contribution in [3.8, 4) is 0 Å². The first-order valence-electron chi connectivity index (χ1n) is 8.98. The van der Waals surface area contributed by atoms with Crippen molar-refractivity contribution in [2.75, 3.05) is 22.9 Å². The lowest BCUT2D eigenvalue weighted by atomic mass is 9.88. The number of benzene rings is 2. The molecule has 0 aromatic heterocycles. The molecule has 2 heterocycles. The molecule has 0 bridgehead atoms. The van der Waals surface area contributed by atoms with E-state index in [0.717, 1.165) is 23.5 Å². The summed E-state index contributed by atoms with van der Waals surface area (Å²) in [5.74, 6) is -1.23. The minimum atomic E-state index is -4.39. The van der Waals surface area contributed by atoms with Crippen LogP contribution in [0.2, 0.25) is 5.02 Å². The van der Waals surface area contributed by atoms with Crippen LogP contribution < -0.4 is 9.80 Å². The van der Waals surface area contributed by atoms with Crippen LogP contribution in [0.5, 0.6) is 0 Å². The van der Waals surface area contributed by atoms with Crippen LogP contribution in [0.25, 0.3) is 0 Å². The van der Waals surface area contributed by atoms with Crippen LogP contribution in [0.15, 0.2) is 42.5 Å². The van der Waals surface area contributed by atoms with Gasteiger partial charge in [0.2, 0.25) is 0 Å². The molecular weight excluding hydrogens is 393 g/mol. The van der Waals surface area contributed by atoms with Crippen molar-refractivity contribution in [2.45, 2.75) is 25.1 Å². The van der Waals surface area contributed by atoms with Crippen LogP contribution in [0.3, 0.4) is 0 Å². The zero-order valence-electron chi connectivity index (χ0n) is 14.8. The molecule has 0 spiro atoms. The molecule has 0 aliphatic carbocycles. The van der Waals surface area contributed by atoms with Gasteiger partial charge in [0.25, 0.3) is 0 Å². The number of fused-ring (bicyclic) bond motifs is 3. The van der Waals surface area contributed by atoms with Gasteiger partial charge in [0.05, 0.1) is 22.9 Å². The zero-order chi connectivity index (χ0) is 20.1. The average molecular weight is 411 g/mol. The molecule has 28 heavy (non-hydrogen) atoms. The number of hydrogen-bond donors (Lipinski definition) is 1. The molecule has 4 rings (SSSR count). The molecular formula is C20H18ClF3N2O2. The first kappa shape index (κ1) is 18.9. The SMILES string of the molecule is O=C(O)[C@@H]1CCN2c3cc(Cl)ccc3N(c3ccc(C(F)(F)F)cc3)C[C@@H]2C1. The largest absolute Gasteiger partial charge is 0.481 e. The van der Waals surface area contributed by atoms with Crippen molar-refractivity contribution in [2.24, 2.45) is 5.92 Å². The van der Waals surface area contributed by atoms with E-state index in [9.17, 15) is 23.1 Å². The summed E-state index contributed by atoms with van der Waals surface area (Å²) in [5.41, 5.74) is 1.67. The van der Waals surface area contributed by atoms with Crippen molar-refractivity contribution in [1.29, 1.82) is 0 Å². The van der Waals surface area contributed by atoms with Gasteiger partial charge in [0, 0.05) is 29.8 Å². The Morgan fingerprint density at radius 2 is 1.82 bits per heavy atom. The fourth-order valence-electron chi connectivity index (χ4n) is 4.10. The summed E-state index contributed by atoms with van der Waals surface area (Å²) in [6, 6.07) is 10.4. The zero-order valence-corrected chi connectivity index (χ0v) is 15.5. The predicted molar refractivity (Wildman–Crippen MR) is 101 cm³/mol. The number of rotatable bonds is 2. The van der Waals surface area contributed by atoms with Crippen molar-refractivity contribution < 1.29 is 23.1 Å². The maximum absolute atomic E-state index is 12.9. The topological polar surface area (TPSA) is 43.8 Å². The van der Waals surface area contributed by atoms with Gasteiger partial charge in [-0.25, -0.2) is 0 Å². The number of carboxylic acid groups (broad SMARTS) is 1. The quantitative estimate of drug-likeness (QED) is 0.740. The fraction of sp³-hybridized carbons (Fsp3) is 0.350. The molecule has 0 amide bonds. The number of carboxylic acids is 1. The van der Waals surface area contributed by atoms with Gasteiger partial charge in [-0.2, -0.15) is 13.2 Å². The lowest BCUT2D eigenvalue weighted by Gasteiger charge is -2.48. The van der Waals surface area contributed by atoms with Gasteiger partial charge < -0.3 is 14.9 Å². The lowest BCUT2D eigenvalue weighted by molar-refractivity contribution is -0.142. The van der Waals surface area contributed by atoms with Crippen LogP contribution in [0.1, 0.15) is 18.4 Å². The molecule has 8 heteroatoms. The molecule has 0 unspecified atom stereocenters. The summed E-state index contributed by atoms with van der Waals surface area (Å²) in [4.78, 5) is 15.6. The highest BCUT2D eigenvalue weighted by molar-refractivity contribution is 6.31. The van der Waals surface area contributed by atoms with E-state index in [-0.39, 0.29) is 6.04 Å². The van der Waals surface area contributed by atoms with E-state index in [0.29, 0.717) is 36.6 Å². The Balaban J connectivity index is 1.72. The van der Waals surface area contributed by atoms with Gasteiger partial charge in [-0.05, 0) is 55.3 Å². The van der Waals surface area contributed by atoms with Crippen LogP contribution in [0.4, 0.5) is 30.2 Å². The Kier molecular flexibility index (Phi) is 4.65. The van der Waals surface area contributed by atoms with E-state index in [1.807, 2.05) is 17.0 Å². The Hall–Kier alpha value is -2.41. The van der Waals surface area contributed by atoms with E-state index in [2.05, 4.69) is 4.90 Å². The molecule has 148 valence electrons. The standard InChI is InChI=1S/C20H18ClF3N2O2/c21-14-3-6-17-18(10-14)25-8-7-12(19(27)28)9-16(25)11-26(17)15-4-1-13(2-5-15)20(22,23)24/h1-6,10,12,16H,7-9,11H2,(H,27,28)/t12-,16+/m1/s1. The monoisotopic (exact) mass is 410 g/mol. The van der Waals surface area contributed by atoms with Gasteiger partial charge in [-0.3, -0.25) is 4.79 Å². The lowest BCUT2D eigenvalue weighted by Crippen LogP contribution is -2.52. The highest BCUT2D eigenvalue weighted by Crippen LogP contribution is 2.44. The molecule has 1 N–H and O–H groups in total. The Morgan fingerprint density at radius 3 is 2.46 bits per heavy atom. The summed E-state index contributed by atoms with van der Waals surface area (Å²) in [5, 5.41) is 9.96. The van der Waals surface area contributed by atoms with E-state index < -0.39 is 23.6 Å². The van der Waals surface area contributed by atoms with E-state index in [1.165, 1.54) is 12.1 Å². The number of piperidine rings is 1. The second kappa shape index (κ2) is 6.88. The van der Waals surface area contributed by atoms with Crippen molar-refractivity contribution >= 4 is 34.6 Å². The second-order valence-electron chi connectivity index (χ2n) is 7.20. The molecule has 2 atom stereocenters. The number of halogens is 4. The third kappa shape index (κ3) is 3.39. The highest BCUT2D eigenvalue weighted by Gasteiger charge is 2.38. The van der Waals surface area contributed by atoms with Gasteiger partial charge in [0.1, 0.15) is 0 Å². The van der Waals surface area contributed by atoms with E-state index >= 15 is 0 Å². The van der Waals surface area contributed by atoms with E-state index in [1.54, 1.807) is 6.07 Å². The van der Waals surface area contributed by atoms with Crippen molar-refractivity contribution in [3.63, 3.8) is 0 Å². The smallest absolute Gasteiger partial charge is 0.416 e. The van der Waals surface area contributed by atoms with Crippen molar-refractivity contribution in [3.05, 3.63) is 53.1 Å². The normalized spacial score (nSPS) is 21.9. The highest BCUT2D eigenvalue weighted by atomic mass is 35.5. The van der Waals surface area contributed by atoms with Gasteiger partial charge in [-0.15, -0.1) is 0 Å². The molecule has 2 aromatic rings. The average Bonchev–Trinajstić information content (AvgIpc) is 2.66. The molecule has 2 aliphatic rings. The summed E-state index contributed by atoms with van der Waals surface area (Å²) in [6.07, 6.45) is -3.35. The minimum Gasteiger partial charge on any atom is -0.481 e.